The fraction of sp³-hybridized carbons (Fsp3) is 0.238. The van der Waals surface area contributed by atoms with E-state index in [0.29, 0.717) is 5.56 Å². The van der Waals surface area contributed by atoms with Crippen LogP contribution in [0.2, 0.25) is 0 Å². The van der Waals surface area contributed by atoms with Gasteiger partial charge in [0, 0.05) is 17.6 Å². The third-order valence-electron chi connectivity index (χ3n) is 4.48. The minimum atomic E-state index is -4.67. The lowest BCUT2D eigenvalue weighted by atomic mass is 10.1. The van der Waals surface area contributed by atoms with Crippen LogP contribution in [0.5, 0.6) is 5.75 Å². The van der Waals surface area contributed by atoms with Crippen LogP contribution in [0.15, 0.2) is 58.4 Å². The molecule has 2 aromatic carbocycles. The first-order valence-corrected chi connectivity index (χ1v) is 11.8. The van der Waals surface area contributed by atoms with E-state index in [2.05, 4.69) is 4.98 Å². The first-order valence-electron chi connectivity index (χ1n) is 9.51. The Morgan fingerprint density at radius 3 is 2.36 bits per heavy atom. The van der Waals surface area contributed by atoms with Crippen LogP contribution < -0.4 is 9.04 Å². The van der Waals surface area contributed by atoms with Gasteiger partial charge in [0.15, 0.2) is 0 Å². The molecule has 0 spiro atoms. The summed E-state index contributed by atoms with van der Waals surface area (Å²) in [5, 5.41) is 10.5. The van der Waals surface area contributed by atoms with Crippen LogP contribution in [0.4, 0.5) is 18.9 Å². The van der Waals surface area contributed by atoms with Gasteiger partial charge in [-0.25, -0.2) is 9.78 Å². The molecule has 3 rings (SSSR count). The molecule has 1 aromatic heterocycles. The lowest BCUT2D eigenvalue weighted by Crippen LogP contribution is -2.37. The molecule has 0 atom stereocenters. The molecule has 7 nitrogen and oxygen atoms in total. The van der Waals surface area contributed by atoms with Crippen molar-refractivity contribution in [2.45, 2.75) is 37.0 Å². The first kappa shape index (κ1) is 24.5. The van der Waals surface area contributed by atoms with Crippen molar-refractivity contribution in [1.29, 1.82) is 0 Å². The zero-order valence-electron chi connectivity index (χ0n) is 17.4. The van der Waals surface area contributed by atoms with Crippen LogP contribution in [-0.4, -0.2) is 30.5 Å². The molecule has 0 saturated carbocycles. The van der Waals surface area contributed by atoms with Crippen LogP contribution in [-0.2, 0) is 22.8 Å². The van der Waals surface area contributed by atoms with Gasteiger partial charge in [0.2, 0.25) is 4.34 Å². The Kier molecular flexibility index (Phi) is 6.98. The molecule has 0 fully saturated rings. The van der Waals surface area contributed by atoms with Crippen molar-refractivity contribution in [1.82, 2.24) is 4.98 Å². The molecule has 3 aromatic rings. The van der Waals surface area contributed by atoms with E-state index in [0.717, 1.165) is 33.8 Å². The van der Waals surface area contributed by atoms with Crippen molar-refractivity contribution in [2.75, 3.05) is 4.31 Å². The molecule has 1 N–H and O–H groups in total. The van der Waals surface area contributed by atoms with Gasteiger partial charge in [0.1, 0.15) is 12.4 Å². The summed E-state index contributed by atoms with van der Waals surface area (Å²) in [4.78, 5) is 14.8. The SMILES string of the molecule is CC(C)N(c1ccc(C(F)(F)F)cc1OCc1ccc(C(=O)O)cc1)S(=O)(=O)c1nccs1. The van der Waals surface area contributed by atoms with Crippen molar-refractivity contribution in [3.63, 3.8) is 0 Å². The molecule has 0 aliphatic carbocycles. The molecule has 1 heterocycles. The molecule has 0 bridgehead atoms. The summed E-state index contributed by atoms with van der Waals surface area (Å²) < 4.78 is 72.8. The van der Waals surface area contributed by atoms with Gasteiger partial charge in [0.05, 0.1) is 16.8 Å². The average Bonchev–Trinajstić information content (AvgIpc) is 3.28. The number of carboxylic acid groups (broad SMARTS) is 1. The Morgan fingerprint density at radius 1 is 1.18 bits per heavy atom. The van der Waals surface area contributed by atoms with Gasteiger partial charge in [0.25, 0.3) is 10.0 Å². The quantitative estimate of drug-likeness (QED) is 0.465. The standard InChI is InChI=1S/C21H19F3N2O5S2/c1-13(2)26(33(29,30)20-25-9-10-32-20)17-8-7-16(21(22,23)24)11-18(17)31-12-14-3-5-15(6-4-14)19(27)28/h3-11,13H,12H2,1-2H3,(H,27,28). The van der Waals surface area contributed by atoms with E-state index >= 15 is 0 Å². The highest BCUT2D eigenvalue weighted by atomic mass is 32.2. The number of hydrogen-bond donors (Lipinski definition) is 1. The van der Waals surface area contributed by atoms with E-state index in [4.69, 9.17) is 9.84 Å². The third kappa shape index (κ3) is 5.45. The van der Waals surface area contributed by atoms with Crippen molar-refractivity contribution in [3.8, 4) is 5.75 Å². The number of aromatic carboxylic acids is 1. The summed E-state index contributed by atoms with van der Waals surface area (Å²) in [6.45, 7) is 2.95. The number of hydrogen-bond acceptors (Lipinski definition) is 6. The summed E-state index contributed by atoms with van der Waals surface area (Å²) in [6, 6.07) is 7.52. The van der Waals surface area contributed by atoms with Crippen LogP contribution >= 0.6 is 11.3 Å². The zero-order chi connectivity index (χ0) is 24.4. The maximum Gasteiger partial charge on any atom is 0.416 e. The van der Waals surface area contributed by atoms with E-state index in [1.807, 2.05) is 0 Å². The molecule has 12 heteroatoms. The van der Waals surface area contributed by atoms with E-state index in [1.165, 1.54) is 35.8 Å². The third-order valence-corrected chi connectivity index (χ3v) is 7.65. The maximum atomic E-state index is 13.3. The molecule has 0 amide bonds. The van der Waals surface area contributed by atoms with Crippen LogP contribution in [0.25, 0.3) is 0 Å². The fourth-order valence-electron chi connectivity index (χ4n) is 3.00. The van der Waals surface area contributed by atoms with E-state index in [9.17, 15) is 26.4 Å². The topological polar surface area (TPSA) is 96.8 Å². The molecule has 0 saturated heterocycles. The van der Waals surface area contributed by atoms with Crippen molar-refractivity contribution < 1.29 is 36.2 Å². The predicted molar refractivity (Wildman–Crippen MR) is 116 cm³/mol. The number of carbonyl (C=O) groups is 1. The number of nitrogens with zero attached hydrogens (tertiary/aromatic N) is 2. The highest BCUT2D eigenvalue weighted by molar-refractivity contribution is 7.94. The highest BCUT2D eigenvalue weighted by Gasteiger charge is 2.35. The largest absolute Gasteiger partial charge is 0.487 e. The van der Waals surface area contributed by atoms with E-state index in [-0.39, 0.29) is 27.9 Å². The summed E-state index contributed by atoms with van der Waals surface area (Å²) >= 11 is 0.888. The normalized spacial score (nSPS) is 12.1. The number of alkyl halides is 3. The molecule has 0 aliphatic rings. The monoisotopic (exact) mass is 500 g/mol. The molecular formula is C21H19F3N2O5S2. The number of anilines is 1. The number of halogens is 3. The van der Waals surface area contributed by atoms with Crippen molar-refractivity contribution in [3.05, 3.63) is 70.7 Å². The smallest absolute Gasteiger partial charge is 0.416 e. The minimum absolute atomic E-state index is 0.0408. The highest BCUT2D eigenvalue weighted by Crippen LogP contribution is 2.40. The Balaban J connectivity index is 2.04. The minimum Gasteiger partial charge on any atom is -0.487 e. The average molecular weight is 501 g/mol. The fourth-order valence-corrected chi connectivity index (χ4v) is 5.58. The van der Waals surface area contributed by atoms with Crippen LogP contribution in [0, 0.1) is 0 Å². The lowest BCUT2D eigenvalue weighted by Gasteiger charge is -2.29. The Bertz CT molecular complexity index is 1230. The summed E-state index contributed by atoms with van der Waals surface area (Å²) in [5.41, 5.74) is -0.547. The zero-order valence-corrected chi connectivity index (χ0v) is 19.0. The summed E-state index contributed by atoms with van der Waals surface area (Å²) in [6.07, 6.45) is -3.35. The van der Waals surface area contributed by atoms with Crippen molar-refractivity contribution in [2.24, 2.45) is 0 Å². The molecular weight excluding hydrogens is 481 g/mol. The number of benzene rings is 2. The number of carboxylic acids is 1. The number of sulfonamides is 1. The van der Waals surface area contributed by atoms with E-state index in [1.54, 1.807) is 13.8 Å². The van der Waals surface area contributed by atoms with Crippen molar-refractivity contribution >= 4 is 33.0 Å². The van der Waals surface area contributed by atoms with Gasteiger partial charge in [-0.1, -0.05) is 12.1 Å². The summed E-state index contributed by atoms with van der Waals surface area (Å²) in [7, 11) is -4.16. The van der Waals surface area contributed by atoms with Crippen LogP contribution in [0.3, 0.4) is 0 Å². The predicted octanol–water partition coefficient (Wildman–Crippen LogP) is 5.04. The molecule has 0 radical (unpaired) electrons. The Morgan fingerprint density at radius 2 is 1.85 bits per heavy atom. The number of ether oxygens (including phenoxy) is 1. The Labute approximate surface area is 192 Å². The van der Waals surface area contributed by atoms with Crippen LogP contribution in [0.1, 0.15) is 35.3 Å². The number of aromatic nitrogens is 1. The van der Waals surface area contributed by atoms with Gasteiger partial charge < -0.3 is 9.84 Å². The van der Waals surface area contributed by atoms with Gasteiger partial charge in [-0.2, -0.15) is 21.6 Å². The lowest BCUT2D eigenvalue weighted by molar-refractivity contribution is -0.137. The molecule has 33 heavy (non-hydrogen) atoms. The molecule has 0 aliphatic heterocycles. The van der Waals surface area contributed by atoms with Gasteiger partial charge in [-0.3, -0.25) is 4.31 Å². The van der Waals surface area contributed by atoms with Gasteiger partial charge in [-0.05, 0) is 49.7 Å². The Hall–Kier alpha value is -3.12. The second-order valence-electron chi connectivity index (χ2n) is 7.16. The van der Waals surface area contributed by atoms with E-state index < -0.39 is 33.8 Å². The summed E-state index contributed by atoms with van der Waals surface area (Å²) in [5.74, 6) is -1.41. The molecule has 0 unspecified atom stereocenters. The maximum absolute atomic E-state index is 13.3. The molecule has 176 valence electrons. The van der Waals surface area contributed by atoms with Gasteiger partial charge in [-0.15, -0.1) is 11.3 Å². The second kappa shape index (κ2) is 9.40. The van der Waals surface area contributed by atoms with Gasteiger partial charge >= 0.3 is 12.1 Å². The number of thiazole rings is 1. The number of rotatable bonds is 8. The second-order valence-corrected chi connectivity index (χ2v) is 10.0. The first-order chi connectivity index (χ1) is 15.4.